The Labute approximate surface area is 130 Å². The quantitative estimate of drug-likeness (QED) is 0.880. The van der Waals surface area contributed by atoms with E-state index >= 15 is 0 Å². The molecule has 2 aliphatic rings. The van der Waals surface area contributed by atoms with Crippen LogP contribution in [0.25, 0.3) is 0 Å². The van der Waals surface area contributed by atoms with Gasteiger partial charge < -0.3 is 10.6 Å². The number of nitrogens with one attached hydrogen (secondary N) is 2. The number of halogens is 1. The molecule has 2 heterocycles. The molecule has 0 saturated carbocycles. The van der Waals surface area contributed by atoms with Gasteiger partial charge in [0.25, 0.3) is 0 Å². The van der Waals surface area contributed by atoms with Crippen LogP contribution in [0.3, 0.4) is 0 Å². The van der Waals surface area contributed by atoms with Gasteiger partial charge in [0.2, 0.25) is 5.91 Å². The van der Waals surface area contributed by atoms with E-state index in [1.807, 2.05) is 6.07 Å². The average Bonchev–Trinajstić information content (AvgIpc) is 2.47. The van der Waals surface area contributed by atoms with Gasteiger partial charge in [-0.1, -0.05) is 24.3 Å². The summed E-state index contributed by atoms with van der Waals surface area (Å²) in [4.78, 5) is 12.5. The summed E-state index contributed by atoms with van der Waals surface area (Å²) >= 11 is 1.77. The van der Waals surface area contributed by atoms with Gasteiger partial charge in [0.1, 0.15) is 5.25 Å². The molecule has 3 rings (SSSR count). The molecule has 0 spiro atoms. The number of carbonyl (C=O) groups is 1. The number of hydrogen-bond donors (Lipinski definition) is 2. The Kier molecular flexibility index (Phi) is 5.75. The number of rotatable bonds is 2. The molecule has 1 fully saturated rings. The maximum Gasteiger partial charge on any atom is 0.237 e. The minimum absolute atomic E-state index is 0. The lowest BCUT2D eigenvalue weighted by Crippen LogP contribution is -2.44. The van der Waals surface area contributed by atoms with Gasteiger partial charge in [0.15, 0.2) is 0 Å². The number of carbonyl (C=O) groups excluding carboxylic acids is 1. The molecule has 5 heteroatoms. The van der Waals surface area contributed by atoms with Crippen LogP contribution in [-0.4, -0.2) is 30.8 Å². The number of piperidine rings is 1. The number of benzene rings is 1. The summed E-state index contributed by atoms with van der Waals surface area (Å²) in [5.41, 5.74) is 2.55. The van der Waals surface area contributed by atoms with Crippen molar-refractivity contribution in [2.75, 3.05) is 18.8 Å². The smallest absolute Gasteiger partial charge is 0.237 e. The van der Waals surface area contributed by atoms with Gasteiger partial charge in [0, 0.05) is 6.04 Å². The maximum atomic E-state index is 12.5. The molecule has 1 aromatic rings. The molecule has 1 aromatic carbocycles. The first kappa shape index (κ1) is 15.7. The van der Waals surface area contributed by atoms with Gasteiger partial charge in [-0.3, -0.25) is 4.79 Å². The number of amides is 1. The molecule has 1 saturated heterocycles. The Balaban J connectivity index is 0.00000147. The third kappa shape index (κ3) is 3.48. The molecule has 2 N–H and O–H groups in total. The van der Waals surface area contributed by atoms with Crippen LogP contribution in [0.4, 0.5) is 0 Å². The third-order valence-electron chi connectivity index (χ3n) is 3.92. The SMILES string of the molecule is Cl.O=C(NC1CCNCC1)C1SCCc2ccccc21. The van der Waals surface area contributed by atoms with Crippen molar-refractivity contribution >= 4 is 30.1 Å². The van der Waals surface area contributed by atoms with Crippen LogP contribution < -0.4 is 10.6 Å². The first-order chi connectivity index (χ1) is 9.34. The first-order valence-corrected chi connectivity index (χ1v) is 8.10. The van der Waals surface area contributed by atoms with Crippen molar-refractivity contribution in [2.45, 2.75) is 30.6 Å². The highest BCUT2D eigenvalue weighted by molar-refractivity contribution is 8.00. The molecule has 0 bridgehead atoms. The Morgan fingerprint density at radius 3 is 2.80 bits per heavy atom. The second-order valence-electron chi connectivity index (χ2n) is 5.23. The summed E-state index contributed by atoms with van der Waals surface area (Å²) in [7, 11) is 0. The highest BCUT2D eigenvalue weighted by Crippen LogP contribution is 2.36. The van der Waals surface area contributed by atoms with Gasteiger partial charge >= 0.3 is 0 Å². The Morgan fingerprint density at radius 1 is 1.25 bits per heavy atom. The lowest BCUT2D eigenvalue weighted by atomic mass is 10.0. The highest BCUT2D eigenvalue weighted by atomic mass is 35.5. The predicted octanol–water partition coefficient (Wildman–Crippen LogP) is 2.31. The van der Waals surface area contributed by atoms with Crippen LogP contribution in [0, 0.1) is 0 Å². The molecule has 1 atom stereocenters. The fraction of sp³-hybridized carbons (Fsp3) is 0.533. The Hall–Kier alpha value is -0.710. The van der Waals surface area contributed by atoms with Gasteiger partial charge in [-0.25, -0.2) is 0 Å². The molecule has 110 valence electrons. The van der Waals surface area contributed by atoms with Crippen LogP contribution in [0.1, 0.15) is 29.2 Å². The van der Waals surface area contributed by atoms with E-state index in [9.17, 15) is 4.79 Å². The van der Waals surface area contributed by atoms with Crippen LogP contribution in [0.15, 0.2) is 24.3 Å². The summed E-state index contributed by atoms with van der Waals surface area (Å²) < 4.78 is 0. The zero-order chi connectivity index (χ0) is 13.1. The normalized spacial score (nSPS) is 22.5. The van der Waals surface area contributed by atoms with Crippen LogP contribution in [0.2, 0.25) is 0 Å². The zero-order valence-electron chi connectivity index (χ0n) is 11.4. The van der Waals surface area contributed by atoms with Gasteiger partial charge in [-0.15, -0.1) is 24.2 Å². The second kappa shape index (κ2) is 7.34. The van der Waals surface area contributed by atoms with E-state index < -0.39 is 0 Å². The summed E-state index contributed by atoms with van der Waals surface area (Å²) in [6, 6.07) is 8.71. The van der Waals surface area contributed by atoms with E-state index in [-0.39, 0.29) is 23.6 Å². The highest BCUT2D eigenvalue weighted by Gasteiger charge is 2.28. The molecular formula is C15H21ClN2OS. The minimum atomic E-state index is -0.0140. The summed E-state index contributed by atoms with van der Waals surface area (Å²) in [6.07, 6.45) is 3.17. The van der Waals surface area contributed by atoms with Gasteiger partial charge in [-0.2, -0.15) is 0 Å². The van der Waals surface area contributed by atoms with Gasteiger partial charge in [0.05, 0.1) is 0 Å². The van der Waals surface area contributed by atoms with E-state index in [1.54, 1.807) is 11.8 Å². The molecule has 1 unspecified atom stereocenters. The lowest BCUT2D eigenvalue weighted by molar-refractivity contribution is -0.121. The number of aryl methyl sites for hydroxylation is 1. The van der Waals surface area contributed by atoms with E-state index in [1.165, 1.54) is 11.1 Å². The standard InChI is InChI=1S/C15H20N2OS.ClH/c18-15(17-12-5-8-16-9-6-12)14-13-4-2-1-3-11(13)7-10-19-14;/h1-4,12,14,16H,5-10H2,(H,17,18);1H. The third-order valence-corrected chi connectivity index (χ3v) is 5.16. The molecule has 3 nitrogen and oxygen atoms in total. The number of hydrogen-bond acceptors (Lipinski definition) is 3. The lowest BCUT2D eigenvalue weighted by Gasteiger charge is -2.28. The minimum Gasteiger partial charge on any atom is -0.352 e. The molecule has 2 aliphatic heterocycles. The Morgan fingerprint density at radius 2 is 2.00 bits per heavy atom. The van der Waals surface area contributed by atoms with Crippen molar-refractivity contribution in [3.63, 3.8) is 0 Å². The van der Waals surface area contributed by atoms with E-state index in [0.29, 0.717) is 6.04 Å². The molecule has 1 amide bonds. The second-order valence-corrected chi connectivity index (χ2v) is 6.45. The monoisotopic (exact) mass is 312 g/mol. The zero-order valence-corrected chi connectivity index (χ0v) is 13.1. The molecule has 0 aromatic heterocycles. The fourth-order valence-corrected chi connectivity index (χ4v) is 4.06. The largest absolute Gasteiger partial charge is 0.352 e. The number of fused-ring (bicyclic) bond motifs is 1. The van der Waals surface area contributed by atoms with Crippen LogP contribution in [0.5, 0.6) is 0 Å². The van der Waals surface area contributed by atoms with E-state index in [4.69, 9.17) is 0 Å². The predicted molar refractivity (Wildman–Crippen MR) is 86.6 cm³/mol. The number of thioether (sulfide) groups is 1. The van der Waals surface area contributed by atoms with Crippen LogP contribution in [-0.2, 0) is 11.2 Å². The summed E-state index contributed by atoms with van der Waals surface area (Å²) in [6.45, 7) is 2.03. The van der Waals surface area contributed by atoms with Crippen molar-refractivity contribution in [1.29, 1.82) is 0 Å². The van der Waals surface area contributed by atoms with E-state index in [0.717, 1.165) is 38.1 Å². The van der Waals surface area contributed by atoms with Crippen molar-refractivity contribution in [3.05, 3.63) is 35.4 Å². The molecule has 20 heavy (non-hydrogen) atoms. The summed E-state index contributed by atoms with van der Waals surface area (Å²) in [5, 5.41) is 6.54. The fourth-order valence-electron chi connectivity index (χ4n) is 2.85. The molecule has 0 aliphatic carbocycles. The van der Waals surface area contributed by atoms with Crippen molar-refractivity contribution in [1.82, 2.24) is 10.6 Å². The maximum absolute atomic E-state index is 12.5. The van der Waals surface area contributed by atoms with E-state index in [2.05, 4.69) is 28.8 Å². The van der Waals surface area contributed by atoms with Crippen molar-refractivity contribution < 1.29 is 4.79 Å². The van der Waals surface area contributed by atoms with Crippen molar-refractivity contribution in [2.24, 2.45) is 0 Å². The first-order valence-electron chi connectivity index (χ1n) is 7.05. The molecular weight excluding hydrogens is 292 g/mol. The Bertz CT molecular complexity index is 463. The topological polar surface area (TPSA) is 41.1 Å². The summed E-state index contributed by atoms with van der Waals surface area (Å²) in [5.74, 6) is 1.24. The van der Waals surface area contributed by atoms with Crippen LogP contribution >= 0.6 is 24.2 Å². The van der Waals surface area contributed by atoms with Gasteiger partial charge in [-0.05, 0) is 49.2 Å². The average molecular weight is 313 g/mol. The van der Waals surface area contributed by atoms with Crippen molar-refractivity contribution in [3.8, 4) is 0 Å². The molecule has 0 radical (unpaired) electrons.